The molecule has 1 aliphatic carbocycles. The van der Waals surface area contributed by atoms with Crippen LogP contribution in [-0.4, -0.2) is 68.7 Å². The van der Waals surface area contributed by atoms with Gasteiger partial charge in [-0.2, -0.15) is 0 Å². The zero-order chi connectivity index (χ0) is 36.2. The van der Waals surface area contributed by atoms with Crippen LogP contribution in [0, 0.1) is 5.92 Å². The highest BCUT2D eigenvalue weighted by molar-refractivity contribution is 7.09. The van der Waals surface area contributed by atoms with Gasteiger partial charge in [-0.25, -0.2) is 18.9 Å². The van der Waals surface area contributed by atoms with Crippen molar-refractivity contribution in [2.24, 2.45) is 5.92 Å². The van der Waals surface area contributed by atoms with Crippen molar-refractivity contribution in [2.45, 2.75) is 95.7 Å². The van der Waals surface area contributed by atoms with Gasteiger partial charge in [0.05, 0.1) is 34.3 Å². The van der Waals surface area contributed by atoms with Crippen LogP contribution in [0.2, 0.25) is 0 Å². The summed E-state index contributed by atoms with van der Waals surface area (Å²) < 4.78 is 9.47. The number of carbonyl (C=O) groups is 3. The summed E-state index contributed by atoms with van der Waals surface area (Å²) in [5.41, 5.74) is 2.74. The number of urea groups is 1. The molecule has 51 heavy (non-hydrogen) atoms. The Morgan fingerprint density at radius 2 is 1.65 bits per heavy atom. The Labute approximate surface area is 308 Å². The van der Waals surface area contributed by atoms with E-state index in [0.717, 1.165) is 26.7 Å². The minimum Gasteiger partial charge on any atom is -0.444 e. The van der Waals surface area contributed by atoms with Gasteiger partial charge in [0.25, 0.3) is 0 Å². The number of hydrogen-bond acceptors (Lipinski definition) is 9. The van der Waals surface area contributed by atoms with E-state index in [1.54, 1.807) is 35.5 Å². The molecular formula is C38H48N6O5S2. The number of carbonyl (C=O) groups excluding carboxylic acids is 3. The molecule has 272 valence electrons. The maximum absolute atomic E-state index is 13.9. The third-order valence-corrected chi connectivity index (χ3v) is 10.9. The molecule has 0 spiro atoms. The van der Waals surface area contributed by atoms with E-state index in [4.69, 9.17) is 9.72 Å². The normalized spacial score (nSPS) is 15.2. The summed E-state index contributed by atoms with van der Waals surface area (Å²) in [5.74, 6) is -0.0288. The number of benzene rings is 2. The first kappa shape index (κ1) is 37.9. The van der Waals surface area contributed by atoms with E-state index in [9.17, 15) is 19.5 Å². The average Bonchev–Trinajstić information content (AvgIpc) is 3.78. The SMILES string of the molecule is CC(C)[C@H](NC(=O)N(C)Cc1csc(C2CCC2)n1)C(=O)N[C@@H](Cc1ccccc1)C[C@H](O)[C@H](Cc1ccccc1)NC(=O)OCc1ccns1. The highest BCUT2D eigenvalue weighted by atomic mass is 32.1. The van der Waals surface area contributed by atoms with Gasteiger partial charge < -0.3 is 30.7 Å². The molecule has 2 aromatic carbocycles. The molecule has 13 heteroatoms. The average molecular weight is 733 g/mol. The van der Waals surface area contributed by atoms with Crippen molar-refractivity contribution in [1.82, 2.24) is 30.2 Å². The van der Waals surface area contributed by atoms with Gasteiger partial charge in [0.2, 0.25) is 5.91 Å². The third kappa shape index (κ3) is 11.6. The van der Waals surface area contributed by atoms with Crippen LogP contribution in [0.25, 0.3) is 0 Å². The highest BCUT2D eigenvalue weighted by Crippen LogP contribution is 2.37. The van der Waals surface area contributed by atoms with Gasteiger partial charge in [-0.1, -0.05) is 80.9 Å². The second kappa shape index (κ2) is 18.8. The molecule has 0 radical (unpaired) electrons. The lowest BCUT2D eigenvalue weighted by atomic mass is 9.86. The van der Waals surface area contributed by atoms with Crippen molar-refractivity contribution in [3.8, 4) is 0 Å². The predicted octanol–water partition coefficient (Wildman–Crippen LogP) is 6.05. The van der Waals surface area contributed by atoms with Crippen LogP contribution in [-0.2, 0) is 35.5 Å². The third-order valence-electron chi connectivity index (χ3n) is 9.10. The topological polar surface area (TPSA) is 146 Å². The molecule has 2 heterocycles. The van der Waals surface area contributed by atoms with Crippen LogP contribution in [0.15, 0.2) is 78.3 Å². The largest absolute Gasteiger partial charge is 0.444 e. The molecule has 0 aliphatic heterocycles. The number of rotatable bonds is 17. The zero-order valence-electron chi connectivity index (χ0n) is 29.4. The summed E-state index contributed by atoms with van der Waals surface area (Å²) in [4.78, 5) is 47.2. The van der Waals surface area contributed by atoms with Crippen LogP contribution in [0.1, 0.15) is 72.2 Å². The van der Waals surface area contributed by atoms with E-state index >= 15 is 0 Å². The summed E-state index contributed by atoms with van der Waals surface area (Å²) in [7, 11) is 1.70. The number of ether oxygens (including phenoxy) is 1. The van der Waals surface area contributed by atoms with E-state index < -0.39 is 30.3 Å². The van der Waals surface area contributed by atoms with Gasteiger partial charge >= 0.3 is 12.1 Å². The van der Waals surface area contributed by atoms with Crippen molar-refractivity contribution in [2.75, 3.05) is 7.05 Å². The summed E-state index contributed by atoms with van der Waals surface area (Å²) in [6.07, 6.45) is 4.44. The van der Waals surface area contributed by atoms with E-state index in [1.807, 2.05) is 79.9 Å². The van der Waals surface area contributed by atoms with Crippen molar-refractivity contribution >= 4 is 40.9 Å². The summed E-state index contributed by atoms with van der Waals surface area (Å²) in [6.45, 7) is 4.18. The molecule has 1 aliphatic rings. The van der Waals surface area contributed by atoms with E-state index in [0.29, 0.717) is 25.3 Å². The van der Waals surface area contributed by atoms with Crippen LogP contribution in [0.3, 0.4) is 0 Å². The lowest BCUT2D eigenvalue weighted by molar-refractivity contribution is -0.124. The quantitative estimate of drug-likeness (QED) is 0.103. The molecular weight excluding hydrogens is 685 g/mol. The molecule has 4 atom stereocenters. The molecule has 0 unspecified atom stereocenters. The number of aliphatic hydroxyl groups excluding tert-OH is 1. The number of amides is 4. The Morgan fingerprint density at radius 1 is 0.961 bits per heavy atom. The molecule has 0 bridgehead atoms. The fraction of sp³-hybridized carbons (Fsp3) is 0.447. The number of alkyl carbamates (subject to hydrolysis) is 1. The predicted molar refractivity (Wildman–Crippen MR) is 199 cm³/mol. The van der Waals surface area contributed by atoms with Gasteiger partial charge in [-0.15, -0.1) is 11.3 Å². The molecule has 4 N–H and O–H groups in total. The van der Waals surface area contributed by atoms with Crippen molar-refractivity contribution in [1.29, 1.82) is 0 Å². The van der Waals surface area contributed by atoms with E-state index in [1.165, 1.54) is 30.8 Å². The molecule has 0 saturated heterocycles. The number of aromatic nitrogens is 2. The standard InChI is InChI=1S/C38H48N6O5S2/c1-25(2)34(43-37(47)44(3)22-30-24-50-36(41-30)28-15-10-16-28)35(46)40-29(19-26-11-6-4-7-12-26)21-33(45)32(20-27-13-8-5-9-14-27)42-38(48)49-23-31-17-18-39-51-31/h4-9,11-14,17-18,24-25,28-29,32-34,45H,10,15-16,19-23H2,1-3H3,(H,40,46)(H,42,48)(H,43,47)/t29-,32-,33-,34-/m0/s1. The van der Waals surface area contributed by atoms with Gasteiger partial charge in [0, 0.05) is 30.6 Å². The Balaban J connectivity index is 1.25. The monoisotopic (exact) mass is 732 g/mol. The Bertz CT molecular complexity index is 1670. The smallest absolute Gasteiger partial charge is 0.407 e. The molecule has 5 rings (SSSR count). The van der Waals surface area contributed by atoms with Crippen LogP contribution in [0.4, 0.5) is 9.59 Å². The highest BCUT2D eigenvalue weighted by Gasteiger charge is 2.31. The summed E-state index contributed by atoms with van der Waals surface area (Å²) in [5, 5.41) is 23.7. The molecule has 2 aromatic heterocycles. The molecule has 1 saturated carbocycles. The van der Waals surface area contributed by atoms with Gasteiger partial charge in [-0.05, 0) is 66.7 Å². The first-order chi connectivity index (χ1) is 24.6. The second-order valence-corrected chi connectivity index (χ2v) is 15.3. The Morgan fingerprint density at radius 3 is 2.25 bits per heavy atom. The maximum Gasteiger partial charge on any atom is 0.407 e. The van der Waals surface area contributed by atoms with Crippen molar-refractivity contribution in [3.05, 3.63) is 105 Å². The fourth-order valence-electron chi connectivity index (χ4n) is 5.97. The maximum atomic E-state index is 13.9. The summed E-state index contributed by atoms with van der Waals surface area (Å²) in [6, 6.07) is 18.6. The van der Waals surface area contributed by atoms with Crippen LogP contribution < -0.4 is 16.0 Å². The molecule has 4 amide bonds. The van der Waals surface area contributed by atoms with Gasteiger partial charge in [-0.3, -0.25) is 4.79 Å². The second-order valence-electron chi connectivity index (χ2n) is 13.5. The Hall–Kier alpha value is -4.33. The minimum absolute atomic E-state index is 0.0696. The summed E-state index contributed by atoms with van der Waals surface area (Å²) >= 11 is 2.89. The lowest BCUT2D eigenvalue weighted by Crippen LogP contribution is -2.55. The zero-order valence-corrected chi connectivity index (χ0v) is 31.0. The Kier molecular flexibility index (Phi) is 14.0. The molecule has 4 aromatic rings. The number of aliphatic hydroxyl groups is 1. The number of nitrogens with one attached hydrogen (secondary N) is 3. The fourth-order valence-corrected chi connectivity index (χ4v) is 7.44. The first-order valence-corrected chi connectivity index (χ1v) is 19.1. The number of thiazole rings is 1. The number of nitrogens with zero attached hydrogens (tertiary/aromatic N) is 3. The van der Waals surface area contributed by atoms with Crippen molar-refractivity contribution in [3.63, 3.8) is 0 Å². The molecule has 11 nitrogen and oxygen atoms in total. The number of hydrogen-bond donors (Lipinski definition) is 4. The van der Waals surface area contributed by atoms with Crippen LogP contribution >= 0.6 is 22.9 Å². The van der Waals surface area contributed by atoms with Crippen molar-refractivity contribution < 1.29 is 24.2 Å². The van der Waals surface area contributed by atoms with E-state index in [2.05, 4.69) is 20.3 Å². The lowest BCUT2D eigenvalue weighted by Gasteiger charge is -2.30. The van der Waals surface area contributed by atoms with Crippen LogP contribution in [0.5, 0.6) is 0 Å². The molecule has 1 fully saturated rings. The van der Waals surface area contributed by atoms with Gasteiger partial charge in [0.1, 0.15) is 12.6 Å². The van der Waals surface area contributed by atoms with E-state index in [-0.39, 0.29) is 30.9 Å². The van der Waals surface area contributed by atoms with Gasteiger partial charge in [0.15, 0.2) is 0 Å². The first-order valence-electron chi connectivity index (χ1n) is 17.5. The minimum atomic E-state index is -1.05.